The van der Waals surface area contributed by atoms with Crippen molar-refractivity contribution in [3.8, 4) is 22.8 Å². The summed E-state index contributed by atoms with van der Waals surface area (Å²) >= 11 is 0. The van der Waals surface area contributed by atoms with Crippen LogP contribution < -0.4 is 15.2 Å². The van der Waals surface area contributed by atoms with Crippen molar-refractivity contribution in [2.75, 3.05) is 14.2 Å². The summed E-state index contributed by atoms with van der Waals surface area (Å²) in [6.45, 7) is 1.82. The van der Waals surface area contributed by atoms with E-state index in [0.717, 1.165) is 5.56 Å². The highest BCUT2D eigenvalue weighted by Crippen LogP contribution is 2.30. The number of rotatable bonds is 4. The van der Waals surface area contributed by atoms with Gasteiger partial charge >= 0.3 is 0 Å². The van der Waals surface area contributed by atoms with Gasteiger partial charge < -0.3 is 19.6 Å². The standard InChI is InChI=1S/C13H16N2O3/c1-8(14)13-15-7-12(18-13)9-4-10(16-2)6-11(5-9)17-3/h4-8H,14H2,1-3H3. The highest BCUT2D eigenvalue weighted by atomic mass is 16.5. The quantitative estimate of drug-likeness (QED) is 0.899. The zero-order chi connectivity index (χ0) is 13.1. The second-order valence-corrected chi connectivity index (χ2v) is 3.95. The monoisotopic (exact) mass is 248 g/mol. The van der Waals surface area contributed by atoms with E-state index in [0.29, 0.717) is 23.1 Å². The highest BCUT2D eigenvalue weighted by molar-refractivity contribution is 5.62. The van der Waals surface area contributed by atoms with E-state index in [1.807, 2.05) is 19.1 Å². The Morgan fingerprint density at radius 1 is 1.17 bits per heavy atom. The molecular formula is C13H16N2O3. The van der Waals surface area contributed by atoms with E-state index in [9.17, 15) is 0 Å². The van der Waals surface area contributed by atoms with Gasteiger partial charge in [-0.25, -0.2) is 4.98 Å². The molecule has 0 aliphatic heterocycles. The normalized spacial score (nSPS) is 12.2. The van der Waals surface area contributed by atoms with Crippen molar-refractivity contribution in [3.05, 3.63) is 30.3 Å². The SMILES string of the molecule is COc1cc(OC)cc(-c2cnc(C(C)N)o2)c1. The molecule has 2 rings (SSSR count). The molecule has 2 aromatic rings. The molecule has 0 aliphatic rings. The maximum Gasteiger partial charge on any atom is 0.211 e. The zero-order valence-corrected chi connectivity index (χ0v) is 10.6. The Labute approximate surface area is 106 Å². The van der Waals surface area contributed by atoms with Crippen LogP contribution in [0.3, 0.4) is 0 Å². The molecule has 0 fully saturated rings. The predicted octanol–water partition coefficient (Wildman–Crippen LogP) is 2.38. The third-order valence-electron chi connectivity index (χ3n) is 2.55. The van der Waals surface area contributed by atoms with Crippen LogP contribution in [0.5, 0.6) is 11.5 Å². The summed E-state index contributed by atoms with van der Waals surface area (Å²) in [7, 11) is 3.21. The first-order chi connectivity index (χ1) is 8.63. The topological polar surface area (TPSA) is 70.5 Å². The molecule has 1 heterocycles. The molecule has 1 atom stereocenters. The molecule has 0 aliphatic carbocycles. The Morgan fingerprint density at radius 2 is 1.78 bits per heavy atom. The van der Waals surface area contributed by atoms with E-state index < -0.39 is 0 Å². The van der Waals surface area contributed by atoms with Crippen molar-refractivity contribution in [3.63, 3.8) is 0 Å². The second kappa shape index (κ2) is 5.10. The Balaban J connectivity index is 2.42. The summed E-state index contributed by atoms with van der Waals surface area (Å²) in [4.78, 5) is 4.13. The van der Waals surface area contributed by atoms with Gasteiger partial charge in [0.05, 0.1) is 26.5 Å². The molecule has 1 unspecified atom stereocenters. The van der Waals surface area contributed by atoms with E-state index in [1.54, 1.807) is 26.5 Å². The van der Waals surface area contributed by atoms with Crippen molar-refractivity contribution < 1.29 is 13.9 Å². The maximum atomic E-state index is 5.71. The van der Waals surface area contributed by atoms with Gasteiger partial charge in [0.25, 0.3) is 0 Å². The molecule has 0 radical (unpaired) electrons. The molecule has 0 saturated carbocycles. The minimum Gasteiger partial charge on any atom is -0.497 e. The number of oxazole rings is 1. The zero-order valence-electron chi connectivity index (χ0n) is 10.6. The van der Waals surface area contributed by atoms with Crippen molar-refractivity contribution in [2.24, 2.45) is 5.73 Å². The average molecular weight is 248 g/mol. The third kappa shape index (κ3) is 2.46. The summed E-state index contributed by atoms with van der Waals surface area (Å²) in [5, 5.41) is 0. The lowest BCUT2D eigenvalue weighted by molar-refractivity contribution is 0.394. The van der Waals surface area contributed by atoms with Gasteiger partial charge in [-0.15, -0.1) is 0 Å². The van der Waals surface area contributed by atoms with Crippen molar-refractivity contribution in [1.82, 2.24) is 4.98 Å². The maximum absolute atomic E-state index is 5.71. The number of hydrogen-bond donors (Lipinski definition) is 1. The summed E-state index contributed by atoms with van der Waals surface area (Å²) in [5.74, 6) is 2.54. The minimum atomic E-state index is -0.230. The van der Waals surface area contributed by atoms with Crippen LogP contribution >= 0.6 is 0 Å². The van der Waals surface area contributed by atoms with E-state index in [1.165, 1.54) is 0 Å². The van der Waals surface area contributed by atoms with E-state index in [-0.39, 0.29) is 6.04 Å². The van der Waals surface area contributed by atoms with E-state index in [2.05, 4.69) is 4.98 Å². The number of aromatic nitrogens is 1. The van der Waals surface area contributed by atoms with Gasteiger partial charge in [0.1, 0.15) is 11.5 Å². The van der Waals surface area contributed by atoms with Crippen LogP contribution in [0.1, 0.15) is 18.9 Å². The molecule has 1 aromatic heterocycles. The first-order valence-corrected chi connectivity index (χ1v) is 5.58. The Bertz CT molecular complexity index is 513. The van der Waals surface area contributed by atoms with Crippen LogP contribution in [0, 0.1) is 0 Å². The van der Waals surface area contributed by atoms with E-state index >= 15 is 0 Å². The number of ether oxygens (including phenoxy) is 2. The fourth-order valence-corrected chi connectivity index (χ4v) is 1.58. The molecule has 5 nitrogen and oxygen atoms in total. The fraction of sp³-hybridized carbons (Fsp3) is 0.308. The lowest BCUT2D eigenvalue weighted by atomic mass is 10.1. The van der Waals surface area contributed by atoms with Crippen molar-refractivity contribution in [1.29, 1.82) is 0 Å². The Hall–Kier alpha value is -2.01. The van der Waals surface area contributed by atoms with Crippen LogP contribution in [-0.2, 0) is 0 Å². The van der Waals surface area contributed by atoms with Gasteiger partial charge in [0.2, 0.25) is 5.89 Å². The lowest BCUT2D eigenvalue weighted by Gasteiger charge is -2.06. The molecule has 1 aromatic carbocycles. The molecule has 0 bridgehead atoms. The summed E-state index contributed by atoms with van der Waals surface area (Å²) in [6, 6.07) is 5.28. The number of hydrogen-bond acceptors (Lipinski definition) is 5. The van der Waals surface area contributed by atoms with Crippen LogP contribution in [0.4, 0.5) is 0 Å². The van der Waals surface area contributed by atoms with Crippen LogP contribution in [-0.4, -0.2) is 19.2 Å². The number of benzene rings is 1. The predicted molar refractivity (Wildman–Crippen MR) is 67.6 cm³/mol. The molecule has 0 spiro atoms. The largest absolute Gasteiger partial charge is 0.497 e. The first-order valence-electron chi connectivity index (χ1n) is 5.58. The number of nitrogens with two attached hydrogens (primary N) is 1. The van der Waals surface area contributed by atoms with Gasteiger partial charge in [-0.05, 0) is 19.1 Å². The molecule has 18 heavy (non-hydrogen) atoms. The number of nitrogens with zero attached hydrogens (tertiary/aromatic N) is 1. The smallest absolute Gasteiger partial charge is 0.211 e. The molecule has 2 N–H and O–H groups in total. The molecular weight excluding hydrogens is 232 g/mol. The van der Waals surface area contributed by atoms with Gasteiger partial charge in [-0.1, -0.05) is 0 Å². The summed E-state index contributed by atoms with van der Waals surface area (Å²) in [5.41, 5.74) is 6.55. The van der Waals surface area contributed by atoms with Crippen molar-refractivity contribution in [2.45, 2.75) is 13.0 Å². The van der Waals surface area contributed by atoms with Crippen LogP contribution in [0.25, 0.3) is 11.3 Å². The van der Waals surface area contributed by atoms with Gasteiger partial charge in [-0.3, -0.25) is 0 Å². The van der Waals surface area contributed by atoms with Gasteiger partial charge in [0, 0.05) is 11.6 Å². The summed E-state index contributed by atoms with van der Waals surface area (Å²) in [6.07, 6.45) is 1.65. The van der Waals surface area contributed by atoms with Crippen molar-refractivity contribution >= 4 is 0 Å². The highest BCUT2D eigenvalue weighted by Gasteiger charge is 2.11. The molecule has 5 heteroatoms. The molecule has 0 saturated heterocycles. The van der Waals surface area contributed by atoms with Crippen LogP contribution in [0.2, 0.25) is 0 Å². The molecule has 0 amide bonds. The Kier molecular flexibility index (Phi) is 3.53. The summed E-state index contributed by atoms with van der Waals surface area (Å²) < 4.78 is 16.0. The Morgan fingerprint density at radius 3 is 2.22 bits per heavy atom. The second-order valence-electron chi connectivity index (χ2n) is 3.95. The number of methoxy groups -OCH3 is 2. The van der Waals surface area contributed by atoms with E-state index in [4.69, 9.17) is 19.6 Å². The minimum absolute atomic E-state index is 0.230. The van der Waals surface area contributed by atoms with Gasteiger partial charge in [-0.2, -0.15) is 0 Å². The fourth-order valence-electron chi connectivity index (χ4n) is 1.58. The van der Waals surface area contributed by atoms with Crippen LogP contribution in [0.15, 0.2) is 28.8 Å². The van der Waals surface area contributed by atoms with Gasteiger partial charge in [0.15, 0.2) is 5.76 Å². The third-order valence-corrected chi connectivity index (χ3v) is 2.55. The first kappa shape index (κ1) is 12.4. The average Bonchev–Trinajstić information content (AvgIpc) is 2.87. The molecule has 96 valence electrons. The lowest BCUT2D eigenvalue weighted by Crippen LogP contribution is -2.04.